The molecule has 0 aliphatic carbocycles. The van der Waals surface area contributed by atoms with Crippen molar-refractivity contribution in [1.29, 1.82) is 0 Å². The van der Waals surface area contributed by atoms with Gasteiger partial charge in [-0.1, -0.05) is 0 Å². The fraction of sp³-hybridized carbons (Fsp3) is 0.400. The van der Waals surface area contributed by atoms with Crippen LogP contribution in [0.15, 0.2) is 16.6 Å². The lowest BCUT2D eigenvalue weighted by Crippen LogP contribution is -2.22. The van der Waals surface area contributed by atoms with E-state index in [1.165, 1.54) is 0 Å². The summed E-state index contributed by atoms with van der Waals surface area (Å²) in [5.74, 6) is 1.10. The number of halogens is 1. The Kier molecular flexibility index (Phi) is 4.48. The van der Waals surface area contributed by atoms with E-state index in [-0.39, 0.29) is 0 Å². The highest BCUT2D eigenvalue weighted by atomic mass is 79.9. The first kappa shape index (κ1) is 12.4. The molecular weight excluding hydrogens is 257 g/mol. The third-order valence-electron chi connectivity index (χ3n) is 2.01. The van der Waals surface area contributed by atoms with Gasteiger partial charge in [0.15, 0.2) is 0 Å². The van der Waals surface area contributed by atoms with Crippen LogP contribution in [0.3, 0.4) is 0 Å². The van der Waals surface area contributed by atoms with Gasteiger partial charge in [-0.3, -0.25) is 0 Å². The number of hydrogen-bond donors (Lipinski definition) is 1. The molecule has 2 radical (unpaired) electrons. The van der Waals surface area contributed by atoms with Crippen LogP contribution in [0.4, 0.5) is 0 Å². The second-order valence-corrected chi connectivity index (χ2v) is 4.02. The third kappa shape index (κ3) is 3.14. The number of hydrogen-bond acceptors (Lipinski definition) is 3. The van der Waals surface area contributed by atoms with Gasteiger partial charge in [-0.05, 0) is 46.0 Å². The minimum atomic E-state index is -0.398. The van der Waals surface area contributed by atoms with Gasteiger partial charge in [0.2, 0.25) is 0 Å². The van der Waals surface area contributed by atoms with Crippen LogP contribution in [-0.4, -0.2) is 28.0 Å². The van der Waals surface area contributed by atoms with Gasteiger partial charge in [-0.15, -0.1) is 0 Å². The molecule has 0 aliphatic rings. The minimum Gasteiger partial charge on any atom is -0.496 e. The van der Waals surface area contributed by atoms with Crippen LogP contribution < -0.4 is 15.2 Å². The Morgan fingerprint density at radius 3 is 2.40 bits per heavy atom. The first-order valence-electron chi connectivity index (χ1n) is 4.50. The zero-order valence-electron chi connectivity index (χ0n) is 8.79. The summed E-state index contributed by atoms with van der Waals surface area (Å²) < 4.78 is 11.3. The van der Waals surface area contributed by atoms with Gasteiger partial charge in [-0.25, -0.2) is 0 Å². The lowest BCUT2D eigenvalue weighted by molar-refractivity contribution is 0.396. The summed E-state index contributed by atoms with van der Waals surface area (Å²) >= 11 is 3.38. The predicted molar refractivity (Wildman–Crippen MR) is 64.7 cm³/mol. The number of nitrogens with two attached hydrogens (primary N) is 1. The SMILES string of the molecule is [B]C(N)Cc1cc(OC)c(Br)cc1OC. The van der Waals surface area contributed by atoms with Crippen LogP contribution in [-0.2, 0) is 6.42 Å². The highest BCUT2D eigenvalue weighted by Gasteiger charge is 2.10. The van der Waals surface area contributed by atoms with Crippen LogP contribution in [0.25, 0.3) is 0 Å². The smallest absolute Gasteiger partial charge is 0.133 e. The van der Waals surface area contributed by atoms with E-state index in [9.17, 15) is 0 Å². The van der Waals surface area contributed by atoms with Gasteiger partial charge < -0.3 is 15.2 Å². The molecule has 1 aromatic rings. The molecule has 1 unspecified atom stereocenters. The molecule has 5 heteroatoms. The summed E-state index contributed by atoms with van der Waals surface area (Å²) in [4.78, 5) is 0. The second-order valence-electron chi connectivity index (χ2n) is 3.17. The maximum Gasteiger partial charge on any atom is 0.133 e. The Balaban J connectivity index is 3.10. The van der Waals surface area contributed by atoms with Crippen LogP contribution >= 0.6 is 15.9 Å². The van der Waals surface area contributed by atoms with Crippen LogP contribution in [0.5, 0.6) is 11.5 Å². The van der Waals surface area contributed by atoms with Crippen molar-refractivity contribution in [1.82, 2.24) is 0 Å². The Morgan fingerprint density at radius 2 is 1.93 bits per heavy atom. The summed E-state index contributed by atoms with van der Waals surface area (Å²) in [6, 6.07) is 3.71. The number of rotatable bonds is 4. The molecule has 0 bridgehead atoms. The van der Waals surface area contributed by atoms with E-state index in [0.29, 0.717) is 6.42 Å². The van der Waals surface area contributed by atoms with Gasteiger partial charge in [0.25, 0.3) is 0 Å². The first-order chi connectivity index (χ1) is 7.08. The average Bonchev–Trinajstić information content (AvgIpc) is 2.19. The average molecular weight is 270 g/mol. The highest BCUT2D eigenvalue weighted by molar-refractivity contribution is 9.10. The molecular formula is C10H13BBrNO2. The van der Waals surface area contributed by atoms with Crippen molar-refractivity contribution in [3.63, 3.8) is 0 Å². The normalized spacial score (nSPS) is 12.3. The molecule has 1 atom stereocenters. The standard InChI is InChI=1S/C10H13BBrNO2/c1-14-8-5-7(12)9(15-2)3-6(8)4-10(11)13/h3,5,10H,4,13H2,1-2H3. The Bertz CT molecular complexity index is 344. The van der Waals surface area contributed by atoms with Crippen molar-refractivity contribution in [3.05, 3.63) is 22.2 Å². The van der Waals surface area contributed by atoms with Gasteiger partial charge in [-0.2, -0.15) is 0 Å². The number of benzene rings is 1. The third-order valence-corrected chi connectivity index (χ3v) is 2.63. The zero-order chi connectivity index (χ0) is 11.4. The van der Waals surface area contributed by atoms with E-state index in [2.05, 4.69) is 15.9 Å². The molecule has 80 valence electrons. The van der Waals surface area contributed by atoms with E-state index in [1.807, 2.05) is 12.1 Å². The van der Waals surface area contributed by atoms with E-state index in [4.69, 9.17) is 23.1 Å². The number of methoxy groups -OCH3 is 2. The van der Waals surface area contributed by atoms with Crippen LogP contribution in [0.1, 0.15) is 5.56 Å². The van der Waals surface area contributed by atoms with Crippen LogP contribution in [0, 0.1) is 0 Å². The predicted octanol–water partition coefficient (Wildman–Crippen LogP) is 1.46. The van der Waals surface area contributed by atoms with Crippen molar-refractivity contribution >= 4 is 23.8 Å². The van der Waals surface area contributed by atoms with Crippen molar-refractivity contribution in [2.75, 3.05) is 14.2 Å². The molecule has 1 aromatic carbocycles. The fourth-order valence-corrected chi connectivity index (χ4v) is 1.82. The van der Waals surface area contributed by atoms with Crippen molar-refractivity contribution in [2.45, 2.75) is 12.4 Å². The Morgan fingerprint density at radius 1 is 1.33 bits per heavy atom. The van der Waals surface area contributed by atoms with Crippen molar-refractivity contribution < 1.29 is 9.47 Å². The van der Waals surface area contributed by atoms with Crippen molar-refractivity contribution in [2.24, 2.45) is 5.73 Å². The second kappa shape index (κ2) is 5.42. The van der Waals surface area contributed by atoms with Gasteiger partial charge in [0, 0.05) is 0 Å². The Labute approximate surface area is 99.5 Å². The molecule has 0 amide bonds. The summed E-state index contributed by atoms with van der Waals surface area (Å²) in [5, 5.41) is 0. The summed E-state index contributed by atoms with van der Waals surface area (Å²) in [7, 11) is 8.77. The molecule has 0 saturated carbocycles. The van der Waals surface area contributed by atoms with Crippen molar-refractivity contribution in [3.8, 4) is 11.5 Å². The molecule has 3 nitrogen and oxygen atoms in total. The van der Waals surface area contributed by atoms with Gasteiger partial charge in [0.1, 0.15) is 11.5 Å². The number of ether oxygens (including phenoxy) is 2. The minimum absolute atomic E-state index is 0.398. The largest absolute Gasteiger partial charge is 0.496 e. The quantitative estimate of drug-likeness (QED) is 0.842. The molecule has 0 aromatic heterocycles. The Hall–Kier alpha value is -0.675. The van der Waals surface area contributed by atoms with E-state index in [1.54, 1.807) is 14.2 Å². The topological polar surface area (TPSA) is 44.5 Å². The van der Waals surface area contributed by atoms with Gasteiger partial charge in [0.05, 0.1) is 26.5 Å². The van der Waals surface area contributed by atoms with Gasteiger partial charge >= 0.3 is 0 Å². The highest BCUT2D eigenvalue weighted by Crippen LogP contribution is 2.33. The summed E-state index contributed by atoms with van der Waals surface area (Å²) in [5.41, 5.74) is 6.48. The van der Waals surface area contributed by atoms with Crippen LogP contribution in [0.2, 0.25) is 0 Å². The van der Waals surface area contributed by atoms with E-state index >= 15 is 0 Å². The molecule has 0 fully saturated rings. The molecule has 0 aliphatic heterocycles. The van der Waals surface area contributed by atoms with E-state index in [0.717, 1.165) is 21.5 Å². The monoisotopic (exact) mass is 269 g/mol. The molecule has 15 heavy (non-hydrogen) atoms. The fourth-order valence-electron chi connectivity index (χ4n) is 1.34. The lowest BCUT2D eigenvalue weighted by atomic mass is 9.90. The zero-order valence-corrected chi connectivity index (χ0v) is 10.4. The summed E-state index contributed by atoms with van der Waals surface area (Å²) in [6.07, 6.45) is 0.548. The maximum absolute atomic E-state index is 5.55. The molecule has 0 heterocycles. The molecule has 0 spiro atoms. The lowest BCUT2D eigenvalue weighted by Gasteiger charge is -2.13. The van der Waals surface area contributed by atoms with E-state index < -0.39 is 5.94 Å². The maximum atomic E-state index is 5.55. The molecule has 1 rings (SSSR count). The first-order valence-corrected chi connectivity index (χ1v) is 5.29. The summed E-state index contributed by atoms with van der Waals surface area (Å²) in [6.45, 7) is 0. The molecule has 0 saturated heterocycles. The molecule has 2 N–H and O–H groups in total.